The van der Waals surface area contributed by atoms with Gasteiger partial charge in [-0.05, 0) is 89.3 Å². The lowest BCUT2D eigenvalue weighted by atomic mass is 9.87. The smallest absolute Gasteiger partial charge is 0.325 e. The third-order valence-corrected chi connectivity index (χ3v) is 7.54. The van der Waals surface area contributed by atoms with E-state index in [2.05, 4.69) is 11.1 Å². The zero-order chi connectivity index (χ0) is 48.1. The third-order valence-electron chi connectivity index (χ3n) is 7.54. The van der Waals surface area contributed by atoms with E-state index in [9.17, 15) is 33.6 Å². The Labute approximate surface area is 352 Å². The quantitative estimate of drug-likeness (QED) is 0.101. The van der Waals surface area contributed by atoms with Gasteiger partial charge in [0, 0.05) is 11.7 Å². The van der Waals surface area contributed by atoms with E-state index in [-0.39, 0.29) is 24.4 Å². The first-order valence-electron chi connectivity index (χ1n) is 19.2. The molecule has 60 heavy (non-hydrogen) atoms. The Bertz CT molecular complexity index is 1320. The van der Waals surface area contributed by atoms with Gasteiger partial charge in [-0.15, -0.1) is 0 Å². The van der Waals surface area contributed by atoms with E-state index < -0.39 is 72.0 Å². The minimum Gasteiger partial charge on any atom is -0.481 e. The molecule has 1 saturated carbocycles. The Kier molecular flexibility index (Phi) is 42.2. The monoisotopic (exact) mass is 867 g/mol. The highest BCUT2D eigenvalue weighted by Crippen LogP contribution is 2.22. The largest absolute Gasteiger partial charge is 0.481 e. The molecule has 0 aromatic heterocycles. The van der Waals surface area contributed by atoms with Gasteiger partial charge < -0.3 is 81.2 Å². The van der Waals surface area contributed by atoms with E-state index in [4.69, 9.17) is 70.1 Å². The molecule has 0 spiro atoms. The number of hydrogen-bond acceptors (Lipinski definition) is 15. The molecule has 1 fully saturated rings. The third kappa shape index (κ3) is 45.7. The summed E-state index contributed by atoms with van der Waals surface area (Å²) in [6, 6.07) is 6.11. The minimum atomic E-state index is -0.968. The van der Waals surface area contributed by atoms with Crippen LogP contribution in [0.5, 0.6) is 0 Å². The number of nitrogens with two attached hydrogens (primary N) is 7. The summed E-state index contributed by atoms with van der Waals surface area (Å²) < 4.78 is 0. The number of para-hydroxylation sites is 1. The van der Waals surface area contributed by atoms with Crippen molar-refractivity contribution in [2.45, 2.75) is 129 Å². The second-order valence-electron chi connectivity index (χ2n) is 14.2. The van der Waals surface area contributed by atoms with Crippen molar-refractivity contribution in [3.05, 3.63) is 30.3 Å². The Morgan fingerprint density at radius 1 is 0.650 bits per heavy atom. The molecular weight excluding hydrogens is 792 g/mol. The van der Waals surface area contributed by atoms with Crippen LogP contribution in [0.4, 0.5) is 5.69 Å². The lowest BCUT2D eigenvalue weighted by Gasteiger charge is -2.22. The van der Waals surface area contributed by atoms with Gasteiger partial charge in [0.1, 0.15) is 30.2 Å². The van der Waals surface area contributed by atoms with E-state index in [0.717, 1.165) is 44.2 Å². The van der Waals surface area contributed by atoms with Crippen molar-refractivity contribution in [2.75, 3.05) is 18.4 Å². The Balaban J connectivity index is -0.000000199. The first kappa shape index (κ1) is 64.2. The number of carboxylic acids is 7. The summed E-state index contributed by atoms with van der Waals surface area (Å²) in [4.78, 5) is 69.9. The number of carboxylic acid groups (broad SMARTS) is 7. The van der Waals surface area contributed by atoms with Crippen molar-refractivity contribution in [3.8, 4) is 0 Å². The van der Waals surface area contributed by atoms with Crippen LogP contribution < -0.4 is 45.5 Å². The van der Waals surface area contributed by atoms with Crippen molar-refractivity contribution in [1.29, 1.82) is 0 Å². The lowest BCUT2D eigenvalue weighted by molar-refractivity contribution is -0.143. The standard InChI is InChI=1S/C9H11NO2.C7H13NO2.C6H14N2O2.C6H13NO2.C5H11NO2.C3H7NO2.C2H5NO2/c1-7(9(11)12)10-8-5-3-2-4-6-8;8-6-3-1-5(2-4-6)7(9)10;7-4-2-1-3-5(8)6(9)10;1-4(2)3-5(7)6(8)9;1-3(2)4(6)5(7)8;1-2(4)3(5)6;3-1-2(4)5/h2-7,10H,1H3,(H,11,12);5-6H,1-4,8H2,(H,9,10);5H,1-4,7-8H2,(H,9,10);4-5H,3,7H2,1-2H3,(H,8,9);3-4H,6H2,1-2H3,(H,7,8);2H,4H2,1H3,(H,5,6);1,3H2,(H,4,5)/t7-;;2*5-;4-;2-;/m0.0000./s1. The molecule has 0 saturated heterocycles. The molecule has 350 valence electrons. The molecule has 0 amide bonds. The SMILES string of the molecule is CC(C)C[C@H](N)C(=O)O.CC(C)[C@H](N)C(=O)O.C[C@H](N)C(=O)O.C[C@H](Nc1ccccc1)C(=O)O.NC1CCC(C(=O)O)CC1.NCC(=O)O.NCCCC[C@H](N)C(=O)O. The normalized spacial score (nSPS) is 16.1. The molecule has 0 radical (unpaired) electrons. The molecule has 0 unspecified atom stereocenters. The number of hydrogen-bond donors (Lipinski definition) is 15. The second kappa shape index (κ2) is 39.5. The Hall–Kier alpha value is -4.97. The van der Waals surface area contributed by atoms with Crippen LogP contribution in [0.2, 0.25) is 0 Å². The summed E-state index contributed by atoms with van der Waals surface area (Å²) in [6.07, 6.45) is 5.98. The van der Waals surface area contributed by atoms with Gasteiger partial charge in [0.05, 0.1) is 12.5 Å². The second-order valence-corrected chi connectivity index (χ2v) is 14.2. The van der Waals surface area contributed by atoms with E-state index >= 15 is 0 Å². The van der Waals surface area contributed by atoms with Gasteiger partial charge in [-0.1, -0.05) is 52.3 Å². The predicted molar refractivity (Wildman–Crippen MR) is 227 cm³/mol. The van der Waals surface area contributed by atoms with Gasteiger partial charge >= 0.3 is 41.8 Å². The first-order valence-corrected chi connectivity index (χ1v) is 19.2. The molecule has 1 aromatic carbocycles. The van der Waals surface area contributed by atoms with Crippen LogP contribution in [0.25, 0.3) is 0 Å². The summed E-state index contributed by atoms with van der Waals surface area (Å²) in [5, 5.41) is 60.3. The molecule has 1 aliphatic rings. The number of benzene rings is 1. The van der Waals surface area contributed by atoms with Crippen molar-refractivity contribution in [1.82, 2.24) is 0 Å². The molecule has 22 heteroatoms. The van der Waals surface area contributed by atoms with Crippen molar-refractivity contribution in [3.63, 3.8) is 0 Å². The highest BCUT2D eigenvalue weighted by molar-refractivity contribution is 5.76. The van der Waals surface area contributed by atoms with Gasteiger partial charge in [0.15, 0.2) is 0 Å². The van der Waals surface area contributed by atoms with Gasteiger partial charge in [0.2, 0.25) is 0 Å². The molecule has 0 heterocycles. The van der Waals surface area contributed by atoms with Crippen LogP contribution in [0.15, 0.2) is 30.3 Å². The molecule has 1 aromatic rings. The van der Waals surface area contributed by atoms with Gasteiger partial charge in [-0.3, -0.25) is 33.6 Å². The predicted octanol–water partition coefficient (Wildman–Crippen LogP) is 0.634. The number of carbonyl (C=O) groups is 7. The van der Waals surface area contributed by atoms with E-state index in [1.807, 2.05) is 44.2 Å². The van der Waals surface area contributed by atoms with Gasteiger partial charge in [0.25, 0.3) is 0 Å². The van der Waals surface area contributed by atoms with Crippen LogP contribution in [0, 0.1) is 17.8 Å². The number of rotatable bonds is 16. The summed E-state index contributed by atoms with van der Waals surface area (Å²) in [7, 11) is 0. The maximum atomic E-state index is 10.4. The summed E-state index contributed by atoms with van der Waals surface area (Å²) in [5.74, 6) is -5.96. The van der Waals surface area contributed by atoms with Crippen LogP contribution in [-0.4, -0.2) is 127 Å². The van der Waals surface area contributed by atoms with Gasteiger partial charge in [-0.2, -0.15) is 0 Å². The van der Waals surface area contributed by atoms with Crippen LogP contribution in [0.1, 0.15) is 92.9 Å². The number of unbranched alkanes of at least 4 members (excludes halogenated alkanes) is 1. The Morgan fingerprint density at radius 3 is 1.33 bits per heavy atom. The lowest BCUT2D eigenvalue weighted by Crippen LogP contribution is -2.34. The highest BCUT2D eigenvalue weighted by atomic mass is 16.4. The fraction of sp³-hybridized carbons (Fsp3) is 0.658. The molecule has 22 nitrogen and oxygen atoms in total. The summed E-state index contributed by atoms with van der Waals surface area (Å²) in [6.45, 7) is 10.8. The zero-order valence-corrected chi connectivity index (χ0v) is 35.7. The molecule has 1 aliphatic carbocycles. The number of aliphatic carboxylic acids is 7. The van der Waals surface area contributed by atoms with Crippen molar-refractivity contribution in [2.24, 2.45) is 57.9 Å². The summed E-state index contributed by atoms with van der Waals surface area (Å²) >= 11 is 0. The van der Waals surface area contributed by atoms with E-state index in [0.29, 0.717) is 25.3 Å². The molecule has 22 N–H and O–H groups in total. The maximum Gasteiger partial charge on any atom is 0.325 e. The van der Waals surface area contributed by atoms with E-state index in [1.165, 1.54) is 6.92 Å². The van der Waals surface area contributed by atoms with Crippen LogP contribution in [-0.2, 0) is 33.6 Å². The molecule has 5 atom stereocenters. The average molecular weight is 867 g/mol. The minimum absolute atomic E-state index is 0.0208. The average Bonchev–Trinajstić information content (AvgIpc) is 3.16. The first-order chi connectivity index (χ1) is 27.6. The fourth-order valence-electron chi connectivity index (χ4n) is 3.74. The molecule has 2 rings (SSSR count). The molecular formula is C38H74N8O14. The van der Waals surface area contributed by atoms with Crippen LogP contribution >= 0.6 is 0 Å². The molecule has 0 bridgehead atoms. The number of nitrogens with one attached hydrogen (secondary N) is 1. The molecule has 0 aliphatic heterocycles. The summed E-state index contributed by atoms with van der Waals surface area (Å²) in [5.41, 5.74) is 36.6. The number of anilines is 1. The maximum absolute atomic E-state index is 10.4. The fourth-order valence-corrected chi connectivity index (χ4v) is 3.74. The Morgan fingerprint density at radius 2 is 1.08 bits per heavy atom. The zero-order valence-electron chi connectivity index (χ0n) is 35.7. The van der Waals surface area contributed by atoms with Crippen LogP contribution in [0.3, 0.4) is 0 Å². The van der Waals surface area contributed by atoms with Crippen molar-refractivity contribution >= 4 is 47.5 Å². The van der Waals surface area contributed by atoms with Gasteiger partial charge in [-0.25, -0.2) is 0 Å². The highest BCUT2D eigenvalue weighted by Gasteiger charge is 2.23. The van der Waals surface area contributed by atoms with E-state index in [1.54, 1.807) is 20.8 Å². The topological polar surface area (TPSA) is 455 Å². The van der Waals surface area contributed by atoms with Crippen molar-refractivity contribution < 1.29 is 69.3 Å².